The highest BCUT2D eigenvalue weighted by Gasteiger charge is 2.26. The van der Waals surface area contributed by atoms with Crippen LogP contribution in [0.1, 0.15) is 25.6 Å². The first kappa shape index (κ1) is 12.6. The molecule has 19 heavy (non-hydrogen) atoms. The molecule has 4 heteroatoms. The summed E-state index contributed by atoms with van der Waals surface area (Å²) < 4.78 is 7.60. The minimum Gasteiger partial charge on any atom is -0.381 e. The smallest absolute Gasteiger partial charge is 0.123 e. The van der Waals surface area contributed by atoms with Crippen molar-refractivity contribution < 1.29 is 4.74 Å². The summed E-state index contributed by atoms with van der Waals surface area (Å²) in [5, 5.41) is 3.65. The van der Waals surface area contributed by atoms with Crippen molar-refractivity contribution in [3.63, 3.8) is 0 Å². The van der Waals surface area contributed by atoms with Gasteiger partial charge in [-0.2, -0.15) is 0 Å². The third kappa shape index (κ3) is 2.51. The van der Waals surface area contributed by atoms with E-state index in [4.69, 9.17) is 9.72 Å². The van der Waals surface area contributed by atoms with Gasteiger partial charge >= 0.3 is 0 Å². The first-order valence-electron chi connectivity index (χ1n) is 6.91. The van der Waals surface area contributed by atoms with Crippen LogP contribution in [0.4, 0.5) is 0 Å². The monoisotopic (exact) mass is 259 g/mol. The van der Waals surface area contributed by atoms with Crippen molar-refractivity contribution in [1.82, 2.24) is 14.9 Å². The standard InChI is InChI=1S/C15H21N3O/c1-15(7-9-19-10-8-15)16-11-14-17-12-5-3-4-6-13(12)18(14)2/h3-6,16H,7-11H2,1-2H3. The summed E-state index contributed by atoms with van der Waals surface area (Å²) >= 11 is 0. The summed E-state index contributed by atoms with van der Waals surface area (Å²) in [5.74, 6) is 1.09. The van der Waals surface area contributed by atoms with E-state index in [2.05, 4.69) is 42.1 Å². The van der Waals surface area contributed by atoms with E-state index < -0.39 is 0 Å². The van der Waals surface area contributed by atoms with Crippen LogP contribution in [0.5, 0.6) is 0 Å². The van der Waals surface area contributed by atoms with Crippen molar-refractivity contribution in [2.45, 2.75) is 31.8 Å². The second-order valence-electron chi connectivity index (χ2n) is 5.60. The van der Waals surface area contributed by atoms with E-state index in [0.717, 1.165) is 43.9 Å². The number of imidazole rings is 1. The van der Waals surface area contributed by atoms with Gasteiger partial charge in [0, 0.05) is 25.8 Å². The number of nitrogens with one attached hydrogen (secondary N) is 1. The molecular formula is C15H21N3O. The molecule has 1 aliphatic heterocycles. The summed E-state index contributed by atoms with van der Waals surface area (Å²) in [6.07, 6.45) is 2.13. The zero-order valence-corrected chi connectivity index (χ0v) is 11.6. The fraction of sp³-hybridized carbons (Fsp3) is 0.533. The third-order valence-electron chi connectivity index (χ3n) is 4.15. The molecule has 0 radical (unpaired) electrons. The molecule has 1 aromatic carbocycles. The van der Waals surface area contributed by atoms with Crippen LogP contribution in [0.2, 0.25) is 0 Å². The number of hydrogen-bond donors (Lipinski definition) is 1. The number of benzene rings is 1. The maximum atomic E-state index is 5.43. The first-order valence-corrected chi connectivity index (χ1v) is 6.91. The average Bonchev–Trinajstić information content (AvgIpc) is 2.75. The van der Waals surface area contributed by atoms with Gasteiger partial charge < -0.3 is 14.6 Å². The molecule has 2 aromatic rings. The SMILES string of the molecule is Cn1c(CNC2(C)CCOCC2)nc2ccccc21. The minimum atomic E-state index is 0.177. The van der Waals surface area contributed by atoms with Crippen LogP contribution in [0.25, 0.3) is 11.0 Å². The molecule has 0 unspecified atom stereocenters. The number of ether oxygens (including phenoxy) is 1. The molecule has 1 fully saturated rings. The van der Waals surface area contributed by atoms with Gasteiger partial charge in [-0.05, 0) is 31.9 Å². The van der Waals surface area contributed by atoms with Crippen molar-refractivity contribution in [2.24, 2.45) is 7.05 Å². The normalized spacial score (nSPS) is 18.8. The predicted octanol–water partition coefficient (Wildman–Crippen LogP) is 2.23. The Labute approximate surface area is 113 Å². The number of para-hydroxylation sites is 2. The van der Waals surface area contributed by atoms with Gasteiger partial charge in [-0.3, -0.25) is 0 Å². The molecule has 1 saturated heterocycles. The predicted molar refractivity (Wildman–Crippen MR) is 76.0 cm³/mol. The molecular weight excluding hydrogens is 238 g/mol. The van der Waals surface area contributed by atoms with Crippen LogP contribution in [-0.2, 0) is 18.3 Å². The van der Waals surface area contributed by atoms with E-state index >= 15 is 0 Å². The largest absolute Gasteiger partial charge is 0.381 e. The number of aryl methyl sites for hydroxylation is 1. The summed E-state index contributed by atoms with van der Waals surface area (Å²) in [7, 11) is 2.08. The molecule has 0 atom stereocenters. The van der Waals surface area contributed by atoms with Gasteiger partial charge in [0.1, 0.15) is 5.82 Å². The van der Waals surface area contributed by atoms with E-state index in [9.17, 15) is 0 Å². The van der Waals surface area contributed by atoms with Gasteiger partial charge in [-0.1, -0.05) is 12.1 Å². The lowest BCUT2D eigenvalue weighted by molar-refractivity contribution is 0.0443. The second-order valence-corrected chi connectivity index (χ2v) is 5.60. The lowest BCUT2D eigenvalue weighted by Crippen LogP contribution is -2.46. The molecule has 0 aliphatic carbocycles. The summed E-state index contributed by atoms with van der Waals surface area (Å²) in [6.45, 7) is 4.79. The minimum absolute atomic E-state index is 0.177. The molecule has 3 rings (SSSR count). The zero-order valence-electron chi connectivity index (χ0n) is 11.6. The van der Waals surface area contributed by atoms with Gasteiger partial charge in [-0.15, -0.1) is 0 Å². The van der Waals surface area contributed by atoms with E-state index in [-0.39, 0.29) is 5.54 Å². The molecule has 1 aliphatic rings. The quantitative estimate of drug-likeness (QED) is 0.918. The Balaban J connectivity index is 1.76. The lowest BCUT2D eigenvalue weighted by atomic mass is 9.92. The maximum Gasteiger partial charge on any atom is 0.123 e. The van der Waals surface area contributed by atoms with E-state index in [1.807, 2.05) is 6.07 Å². The number of fused-ring (bicyclic) bond motifs is 1. The summed E-state index contributed by atoms with van der Waals surface area (Å²) in [4.78, 5) is 4.70. The first-order chi connectivity index (χ1) is 9.18. The van der Waals surface area contributed by atoms with Crippen LogP contribution < -0.4 is 5.32 Å². The van der Waals surface area contributed by atoms with Crippen molar-refractivity contribution in [2.75, 3.05) is 13.2 Å². The number of aromatic nitrogens is 2. The Morgan fingerprint density at radius 1 is 1.32 bits per heavy atom. The Hall–Kier alpha value is -1.39. The number of nitrogens with zero attached hydrogens (tertiary/aromatic N) is 2. The highest BCUT2D eigenvalue weighted by Crippen LogP contribution is 2.21. The topological polar surface area (TPSA) is 39.1 Å². The van der Waals surface area contributed by atoms with Crippen molar-refractivity contribution in [1.29, 1.82) is 0 Å². The molecule has 1 N–H and O–H groups in total. The fourth-order valence-corrected chi connectivity index (χ4v) is 2.64. The molecule has 0 spiro atoms. The molecule has 0 amide bonds. The van der Waals surface area contributed by atoms with Crippen molar-refractivity contribution >= 4 is 11.0 Å². The third-order valence-corrected chi connectivity index (χ3v) is 4.15. The van der Waals surface area contributed by atoms with E-state index in [1.54, 1.807) is 0 Å². The highest BCUT2D eigenvalue weighted by atomic mass is 16.5. The Bertz CT molecular complexity index is 570. The molecule has 0 saturated carbocycles. The fourth-order valence-electron chi connectivity index (χ4n) is 2.64. The lowest BCUT2D eigenvalue weighted by Gasteiger charge is -2.34. The molecule has 4 nitrogen and oxygen atoms in total. The van der Waals surface area contributed by atoms with Gasteiger partial charge in [-0.25, -0.2) is 4.98 Å². The van der Waals surface area contributed by atoms with E-state index in [0.29, 0.717) is 0 Å². The van der Waals surface area contributed by atoms with Gasteiger partial charge in [0.15, 0.2) is 0 Å². The molecule has 1 aromatic heterocycles. The Kier molecular flexibility index (Phi) is 3.29. The Morgan fingerprint density at radius 2 is 2.05 bits per heavy atom. The molecule has 102 valence electrons. The van der Waals surface area contributed by atoms with Crippen LogP contribution >= 0.6 is 0 Å². The van der Waals surface area contributed by atoms with Gasteiger partial charge in [0.2, 0.25) is 0 Å². The van der Waals surface area contributed by atoms with E-state index in [1.165, 1.54) is 5.52 Å². The molecule has 2 heterocycles. The molecule has 0 bridgehead atoms. The average molecular weight is 259 g/mol. The van der Waals surface area contributed by atoms with Crippen molar-refractivity contribution in [3.8, 4) is 0 Å². The zero-order chi connectivity index (χ0) is 13.3. The van der Waals surface area contributed by atoms with Crippen LogP contribution in [0.15, 0.2) is 24.3 Å². The van der Waals surface area contributed by atoms with Crippen LogP contribution in [0.3, 0.4) is 0 Å². The van der Waals surface area contributed by atoms with Crippen molar-refractivity contribution in [3.05, 3.63) is 30.1 Å². The Morgan fingerprint density at radius 3 is 2.79 bits per heavy atom. The highest BCUT2D eigenvalue weighted by molar-refractivity contribution is 5.75. The summed E-state index contributed by atoms with van der Waals surface area (Å²) in [6, 6.07) is 8.27. The van der Waals surface area contributed by atoms with Gasteiger partial charge in [0.25, 0.3) is 0 Å². The van der Waals surface area contributed by atoms with Gasteiger partial charge in [0.05, 0.1) is 17.6 Å². The maximum absolute atomic E-state index is 5.43. The van der Waals surface area contributed by atoms with Crippen LogP contribution in [-0.4, -0.2) is 28.3 Å². The van der Waals surface area contributed by atoms with Crippen LogP contribution in [0, 0.1) is 0 Å². The number of rotatable bonds is 3. The second kappa shape index (κ2) is 4.94. The summed E-state index contributed by atoms with van der Waals surface area (Å²) in [5.41, 5.74) is 2.44. The number of hydrogen-bond acceptors (Lipinski definition) is 3.